The van der Waals surface area contributed by atoms with E-state index >= 15 is 0 Å². The fraction of sp³-hybridized carbons (Fsp3) is 0.571. The van der Waals surface area contributed by atoms with E-state index in [2.05, 4.69) is 5.32 Å². The van der Waals surface area contributed by atoms with Gasteiger partial charge in [0.2, 0.25) is 5.91 Å². The Balaban J connectivity index is 2.04. The predicted molar refractivity (Wildman–Crippen MR) is 110 cm³/mol. The van der Waals surface area contributed by atoms with Gasteiger partial charge in [0, 0.05) is 0 Å². The molecule has 1 saturated heterocycles. The van der Waals surface area contributed by atoms with E-state index in [4.69, 9.17) is 21.1 Å². The molecule has 1 aromatic rings. The first-order chi connectivity index (χ1) is 14.7. The molecule has 0 aliphatic carbocycles. The fourth-order valence-corrected chi connectivity index (χ4v) is 3.27. The van der Waals surface area contributed by atoms with Gasteiger partial charge in [0.05, 0.1) is 25.3 Å². The molecule has 1 aliphatic rings. The third kappa shape index (κ3) is 6.51. The Morgan fingerprint density at radius 3 is 2.19 bits per heavy atom. The molecule has 11 heteroatoms. The van der Waals surface area contributed by atoms with Crippen molar-refractivity contribution in [2.45, 2.75) is 56.8 Å². The average molecular weight is 479 g/mol. The van der Waals surface area contributed by atoms with Crippen LogP contribution in [0.2, 0.25) is 0 Å². The lowest BCUT2D eigenvalue weighted by atomic mass is 9.89. The van der Waals surface area contributed by atoms with Crippen LogP contribution in [0, 0.1) is 0 Å². The third-order valence-corrected chi connectivity index (χ3v) is 4.94. The van der Waals surface area contributed by atoms with Gasteiger partial charge in [0.25, 0.3) is 0 Å². The number of nitrogens with zero attached hydrogens (tertiary/aromatic N) is 1. The lowest BCUT2D eigenvalue weighted by Crippen LogP contribution is -2.76. The minimum Gasteiger partial charge on any atom is -0.464 e. The van der Waals surface area contributed by atoms with Crippen LogP contribution in [0.1, 0.15) is 38.8 Å². The minimum absolute atomic E-state index is 0.0553. The maximum absolute atomic E-state index is 12.7. The molecule has 7 nitrogen and oxygen atoms in total. The van der Waals surface area contributed by atoms with Crippen molar-refractivity contribution in [3.8, 4) is 0 Å². The van der Waals surface area contributed by atoms with E-state index < -0.39 is 46.2 Å². The van der Waals surface area contributed by atoms with Crippen molar-refractivity contribution < 1.29 is 37.0 Å². The highest BCUT2D eigenvalue weighted by Crippen LogP contribution is 2.30. The van der Waals surface area contributed by atoms with Gasteiger partial charge in [-0.1, -0.05) is 12.1 Å². The van der Waals surface area contributed by atoms with Crippen LogP contribution in [-0.2, 0) is 31.7 Å². The van der Waals surface area contributed by atoms with Gasteiger partial charge in [-0.25, -0.2) is 9.59 Å². The van der Waals surface area contributed by atoms with Gasteiger partial charge in [0.1, 0.15) is 11.0 Å². The molecule has 1 aromatic carbocycles. The summed E-state index contributed by atoms with van der Waals surface area (Å²) in [5.41, 5.74) is -2.60. The number of ether oxygens (including phenoxy) is 2. The molecule has 1 atom stereocenters. The number of carbonyl (C=O) groups excluding carboxylic acids is 3. The Morgan fingerprint density at radius 1 is 1.16 bits per heavy atom. The Morgan fingerprint density at radius 2 is 1.72 bits per heavy atom. The first kappa shape index (κ1) is 25.8. The van der Waals surface area contributed by atoms with Gasteiger partial charge in [-0.15, -0.1) is 11.6 Å². The van der Waals surface area contributed by atoms with E-state index in [1.54, 1.807) is 27.7 Å². The van der Waals surface area contributed by atoms with Crippen molar-refractivity contribution in [2.24, 2.45) is 0 Å². The van der Waals surface area contributed by atoms with Crippen molar-refractivity contribution in [1.82, 2.24) is 10.2 Å². The third-order valence-electron chi connectivity index (χ3n) is 4.58. The van der Waals surface area contributed by atoms with Crippen LogP contribution in [0.15, 0.2) is 24.3 Å². The normalized spacial score (nSPS) is 16.6. The first-order valence-electron chi connectivity index (χ1n) is 9.94. The van der Waals surface area contributed by atoms with Gasteiger partial charge >= 0.3 is 18.2 Å². The molecule has 1 unspecified atom stereocenters. The average Bonchev–Trinajstić information content (AvgIpc) is 2.62. The number of rotatable bonds is 6. The summed E-state index contributed by atoms with van der Waals surface area (Å²) in [5, 5.41) is 1.38. The van der Waals surface area contributed by atoms with E-state index in [1.807, 2.05) is 0 Å². The first-order valence-corrected chi connectivity index (χ1v) is 10.4. The monoisotopic (exact) mass is 478 g/mol. The fourth-order valence-electron chi connectivity index (χ4n) is 3.03. The van der Waals surface area contributed by atoms with Gasteiger partial charge in [-0.2, -0.15) is 13.2 Å². The second-order valence-electron chi connectivity index (χ2n) is 8.49. The molecule has 0 saturated carbocycles. The van der Waals surface area contributed by atoms with Gasteiger partial charge in [-0.05, 0) is 51.8 Å². The van der Waals surface area contributed by atoms with E-state index in [-0.39, 0.29) is 26.1 Å². The quantitative estimate of drug-likeness (QED) is 0.499. The van der Waals surface area contributed by atoms with Crippen LogP contribution in [0.3, 0.4) is 0 Å². The molecule has 1 N–H and O–H groups in total. The Labute approximate surface area is 189 Å². The lowest BCUT2D eigenvalue weighted by molar-refractivity contribution is -0.161. The Hall–Kier alpha value is -2.49. The molecule has 1 heterocycles. The molecule has 2 amide bonds. The summed E-state index contributed by atoms with van der Waals surface area (Å²) in [5.74, 6) is -1.42. The maximum atomic E-state index is 12.7. The molecule has 178 valence electrons. The number of amides is 2. The molecule has 0 radical (unpaired) electrons. The smallest absolute Gasteiger partial charge is 0.416 e. The van der Waals surface area contributed by atoms with Crippen LogP contribution in [0.5, 0.6) is 0 Å². The van der Waals surface area contributed by atoms with Crippen LogP contribution in [0.4, 0.5) is 18.0 Å². The highest BCUT2D eigenvalue weighted by atomic mass is 35.5. The van der Waals surface area contributed by atoms with Gasteiger partial charge < -0.3 is 19.7 Å². The summed E-state index contributed by atoms with van der Waals surface area (Å²) in [6, 6.07) is 4.28. The number of alkyl halides is 4. The van der Waals surface area contributed by atoms with Crippen LogP contribution >= 0.6 is 11.6 Å². The maximum Gasteiger partial charge on any atom is 0.416 e. The molecular weight excluding hydrogens is 453 g/mol. The van der Waals surface area contributed by atoms with E-state index in [0.29, 0.717) is 5.56 Å². The zero-order chi connectivity index (χ0) is 24.3. The Kier molecular flexibility index (Phi) is 7.70. The summed E-state index contributed by atoms with van der Waals surface area (Å²) in [7, 11) is 0. The zero-order valence-electron chi connectivity index (χ0n) is 18.2. The number of benzene rings is 1. The van der Waals surface area contributed by atoms with Gasteiger partial charge in [0.15, 0.2) is 5.54 Å². The number of esters is 1. The Bertz CT molecular complexity index is 846. The van der Waals surface area contributed by atoms with Crippen LogP contribution < -0.4 is 5.32 Å². The lowest BCUT2D eigenvalue weighted by Gasteiger charge is -2.48. The second-order valence-corrected chi connectivity index (χ2v) is 9.02. The zero-order valence-corrected chi connectivity index (χ0v) is 19.0. The van der Waals surface area contributed by atoms with E-state index in [9.17, 15) is 27.6 Å². The summed E-state index contributed by atoms with van der Waals surface area (Å²) in [6.07, 6.45) is -5.16. The largest absolute Gasteiger partial charge is 0.464 e. The minimum atomic E-state index is -4.47. The molecule has 0 aromatic heterocycles. The summed E-state index contributed by atoms with van der Waals surface area (Å²) < 4.78 is 48.4. The number of halogens is 4. The van der Waals surface area contributed by atoms with Crippen LogP contribution in [-0.4, -0.2) is 59.1 Å². The summed E-state index contributed by atoms with van der Waals surface area (Å²) >= 11 is 6.16. The number of carbonyl (C=O) groups is 3. The van der Waals surface area contributed by atoms with E-state index in [1.165, 1.54) is 17.0 Å². The summed E-state index contributed by atoms with van der Waals surface area (Å²) in [6.45, 7) is 6.46. The molecule has 32 heavy (non-hydrogen) atoms. The number of nitrogens with one attached hydrogen (secondary N) is 1. The second kappa shape index (κ2) is 9.56. The van der Waals surface area contributed by atoms with Crippen molar-refractivity contribution in [1.29, 1.82) is 0 Å². The van der Waals surface area contributed by atoms with Crippen LogP contribution in [0.25, 0.3) is 0 Å². The standard InChI is InChI=1S/C21H26ClF3N2O5/c1-5-31-17(29)20(11-27(12-20)18(30)32-19(2,3)4)26-16(28)15(22)10-13-6-8-14(9-7-13)21(23,24)25/h6-9,15H,5,10-12H2,1-4H3,(H,26,28). The molecule has 0 bridgehead atoms. The SMILES string of the molecule is CCOC(=O)C1(NC(=O)C(Cl)Cc2ccc(C(F)(F)F)cc2)CN(C(=O)OC(C)(C)C)C1. The molecular formula is C21H26ClF3N2O5. The van der Waals surface area contributed by atoms with Gasteiger partial charge in [-0.3, -0.25) is 4.79 Å². The number of hydrogen-bond acceptors (Lipinski definition) is 5. The van der Waals surface area contributed by atoms with Crippen molar-refractivity contribution in [2.75, 3.05) is 19.7 Å². The summed E-state index contributed by atoms with van der Waals surface area (Å²) in [4.78, 5) is 38.6. The number of hydrogen-bond donors (Lipinski definition) is 1. The topological polar surface area (TPSA) is 84.9 Å². The van der Waals surface area contributed by atoms with E-state index in [0.717, 1.165) is 12.1 Å². The molecule has 0 spiro atoms. The number of likely N-dealkylation sites (tertiary alicyclic amines) is 1. The highest BCUT2D eigenvalue weighted by molar-refractivity contribution is 6.31. The predicted octanol–water partition coefficient (Wildman–Crippen LogP) is 3.52. The van der Waals surface area contributed by atoms with Crippen molar-refractivity contribution in [3.05, 3.63) is 35.4 Å². The van der Waals surface area contributed by atoms with Crippen molar-refractivity contribution >= 4 is 29.6 Å². The highest BCUT2D eigenvalue weighted by Gasteiger charge is 2.54. The van der Waals surface area contributed by atoms with Crippen molar-refractivity contribution in [3.63, 3.8) is 0 Å². The molecule has 1 fully saturated rings. The molecule has 1 aliphatic heterocycles. The molecule has 2 rings (SSSR count).